The number of sulfonamides is 1. The fourth-order valence-electron chi connectivity index (χ4n) is 13.3. The zero-order valence-electron chi connectivity index (χ0n) is 49.0. The molecule has 5 aromatic rings. The van der Waals surface area contributed by atoms with Crippen molar-refractivity contribution in [1.29, 1.82) is 0 Å². The number of carbonyl (C=O) groups excluding carboxylic acids is 3. The number of anilines is 4. The van der Waals surface area contributed by atoms with Gasteiger partial charge in [-0.2, -0.15) is 13.2 Å². The number of amides is 4. The van der Waals surface area contributed by atoms with Crippen LogP contribution < -0.4 is 30.1 Å². The Hall–Kier alpha value is -6.14. The number of fused-ring (bicyclic) bond motifs is 2. The number of halogens is 4. The van der Waals surface area contributed by atoms with Crippen LogP contribution in [0.2, 0.25) is 5.02 Å². The normalized spacial score (nSPS) is 21.3. The molecule has 2 unspecified atom stereocenters. The van der Waals surface area contributed by atoms with Crippen LogP contribution in [0.15, 0.2) is 142 Å². The standard InChI is InChI=1S/C64H75ClF3N9O7S3/c1-63(2)27-22-57(45-8-12-48(65)13-9-45)47(38-63)40-72-32-34-74(35-33-72)50-14-10-46(11-15-50)61(79)71-87(83,84)56-20-21-58(59(37-56)86(81,82)64(66,67)68)69-49(43-85-55-6-4-3-5-7-55)25-30-75-41-54-36-53(75)42-76(54)39-44-23-28-73(29-24-44)51-16-18-52(19-17-51)77-31-26-60(78)70-62(77)80/h3-21,37,44,49,53-54,69H,22-36,38-43H2,1-2H3,(H,71,79)(H,70,78,80)/t49-,53?,54?/m1/s1. The van der Waals surface area contributed by atoms with Crippen LogP contribution in [0.25, 0.3) is 5.57 Å². The number of nitrogens with one attached hydrogen (secondary N) is 3. The highest BCUT2D eigenvalue weighted by Crippen LogP contribution is 2.44. The molecule has 0 radical (unpaired) electrons. The second-order valence-corrected chi connectivity index (χ2v) is 29.9. The van der Waals surface area contributed by atoms with Crippen LogP contribution in [0.5, 0.6) is 0 Å². The summed E-state index contributed by atoms with van der Waals surface area (Å²) in [6, 6.07) is 34.1. The first-order valence-electron chi connectivity index (χ1n) is 30.0. The number of hydrogen-bond donors (Lipinski definition) is 3. The van der Waals surface area contributed by atoms with E-state index in [1.165, 1.54) is 40.6 Å². The van der Waals surface area contributed by atoms with E-state index in [9.17, 15) is 44.4 Å². The van der Waals surface area contributed by atoms with Gasteiger partial charge in [0.1, 0.15) is 4.90 Å². The molecule has 5 heterocycles. The number of sulfone groups is 1. The van der Waals surface area contributed by atoms with Crippen molar-refractivity contribution >= 4 is 89.4 Å². The second kappa shape index (κ2) is 26.1. The van der Waals surface area contributed by atoms with Crippen molar-refractivity contribution in [1.82, 2.24) is 24.7 Å². The van der Waals surface area contributed by atoms with Gasteiger partial charge in [0.2, 0.25) is 5.91 Å². The van der Waals surface area contributed by atoms with E-state index in [0.29, 0.717) is 48.3 Å². The van der Waals surface area contributed by atoms with Crippen LogP contribution >= 0.6 is 23.4 Å². The number of alkyl halides is 3. The van der Waals surface area contributed by atoms with Crippen LogP contribution in [-0.4, -0.2) is 157 Å². The van der Waals surface area contributed by atoms with Gasteiger partial charge in [0.05, 0.1) is 10.6 Å². The van der Waals surface area contributed by atoms with Gasteiger partial charge < -0.3 is 15.1 Å². The minimum Gasteiger partial charge on any atom is -0.380 e. The maximum absolute atomic E-state index is 14.6. The second-order valence-electron chi connectivity index (χ2n) is 24.7. The lowest BCUT2D eigenvalue weighted by atomic mass is 9.73. The maximum atomic E-state index is 14.6. The summed E-state index contributed by atoms with van der Waals surface area (Å²) in [6.45, 7) is 14.1. The number of piperidine rings is 1. The summed E-state index contributed by atoms with van der Waals surface area (Å²) in [7, 11) is -11.0. The Kier molecular flexibility index (Phi) is 18.8. The van der Waals surface area contributed by atoms with Crippen molar-refractivity contribution in [2.24, 2.45) is 11.3 Å². The topological polar surface area (TPSA) is 175 Å². The molecule has 5 fully saturated rings. The highest BCUT2D eigenvalue weighted by Gasteiger charge is 2.49. The number of thioether (sulfide) groups is 1. The number of allylic oxidation sites excluding steroid dienone is 1. The molecule has 3 N–H and O–H groups in total. The molecule has 1 aliphatic carbocycles. The monoisotopic (exact) mass is 1270 g/mol. The lowest BCUT2D eigenvalue weighted by Crippen LogP contribution is -2.49. The van der Waals surface area contributed by atoms with E-state index >= 15 is 0 Å². The van der Waals surface area contributed by atoms with Crippen molar-refractivity contribution in [3.8, 4) is 0 Å². The Labute approximate surface area is 517 Å². The molecule has 0 spiro atoms. The minimum absolute atomic E-state index is 0.00733. The summed E-state index contributed by atoms with van der Waals surface area (Å²) in [5, 5.41) is 6.19. The first-order chi connectivity index (χ1) is 41.5. The smallest absolute Gasteiger partial charge is 0.380 e. The molecule has 4 amide bonds. The third-order valence-corrected chi connectivity index (χ3v) is 22.5. The van der Waals surface area contributed by atoms with Crippen LogP contribution in [0, 0.1) is 11.3 Å². The van der Waals surface area contributed by atoms with Gasteiger partial charge in [-0.15, -0.1) is 11.8 Å². The van der Waals surface area contributed by atoms with E-state index < -0.39 is 58.8 Å². The molecule has 16 nitrogen and oxygen atoms in total. The van der Waals surface area contributed by atoms with E-state index in [1.54, 1.807) is 17.0 Å². The predicted molar refractivity (Wildman–Crippen MR) is 337 cm³/mol. The van der Waals surface area contributed by atoms with Gasteiger partial charge in [-0.3, -0.25) is 34.5 Å². The lowest BCUT2D eigenvalue weighted by Gasteiger charge is -2.39. The number of likely N-dealkylation sites (tertiary alicyclic amines) is 2. The lowest BCUT2D eigenvalue weighted by molar-refractivity contribution is -0.120. The van der Waals surface area contributed by atoms with Gasteiger partial charge in [0, 0.05) is 141 Å². The highest BCUT2D eigenvalue weighted by molar-refractivity contribution is 7.99. The molecule has 87 heavy (non-hydrogen) atoms. The number of imide groups is 1. The molecule has 464 valence electrons. The molecule has 6 aliphatic rings. The average molecular weight is 1270 g/mol. The third kappa shape index (κ3) is 14.8. The summed E-state index contributed by atoms with van der Waals surface area (Å²) in [5.74, 6) is -0.404. The quantitative estimate of drug-likeness (QED) is 0.0628. The van der Waals surface area contributed by atoms with Gasteiger partial charge in [-0.05, 0) is 158 Å². The van der Waals surface area contributed by atoms with Crippen molar-refractivity contribution in [3.63, 3.8) is 0 Å². The first kappa shape index (κ1) is 62.5. The fourth-order valence-corrected chi connectivity index (χ4v) is 16.5. The molecule has 5 aromatic carbocycles. The van der Waals surface area contributed by atoms with E-state index in [-0.39, 0.29) is 29.3 Å². The largest absolute Gasteiger partial charge is 0.501 e. The van der Waals surface area contributed by atoms with E-state index in [1.807, 2.05) is 71.5 Å². The average Bonchev–Trinajstić information content (AvgIpc) is 2.47. The molecular formula is C64H75ClF3N9O7S3. The number of nitrogens with zero attached hydrogens (tertiary/aromatic N) is 6. The summed E-state index contributed by atoms with van der Waals surface area (Å²) in [5.41, 5.74) is 0.767. The van der Waals surface area contributed by atoms with Crippen LogP contribution in [0.1, 0.15) is 81.1 Å². The maximum Gasteiger partial charge on any atom is 0.501 e. The Bertz CT molecular complexity index is 3570. The summed E-state index contributed by atoms with van der Waals surface area (Å²) in [6.07, 6.45) is 6.93. The highest BCUT2D eigenvalue weighted by atomic mass is 35.5. The van der Waals surface area contributed by atoms with E-state index in [4.69, 9.17) is 11.6 Å². The molecule has 11 rings (SSSR count). The van der Waals surface area contributed by atoms with Gasteiger partial charge >= 0.3 is 11.5 Å². The molecule has 5 saturated heterocycles. The van der Waals surface area contributed by atoms with Gasteiger partial charge in [0.15, 0.2) is 0 Å². The van der Waals surface area contributed by atoms with E-state index in [0.717, 1.165) is 138 Å². The van der Waals surface area contributed by atoms with Crippen molar-refractivity contribution in [2.45, 2.75) is 104 Å². The number of carbonyl (C=O) groups is 3. The Morgan fingerprint density at radius 1 is 0.770 bits per heavy atom. The summed E-state index contributed by atoms with van der Waals surface area (Å²) >= 11 is 7.69. The van der Waals surface area contributed by atoms with Crippen molar-refractivity contribution in [3.05, 3.63) is 143 Å². The fraction of sp³-hybridized carbons (Fsp3) is 0.453. The van der Waals surface area contributed by atoms with Crippen molar-refractivity contribution in [2.75, 3.05) is 104 Å². The van der Waals surface area contributed by atoms with Crippen LogP contribution in [0.3, 0.4) is 0 Å². The SMILES string of the molecule is CC1(C)CCC(c2ccc(Cl)cc2)=C(CN2CCN(c3ccc(C(=O)NS(=O)(=O)c4ccc(N[C@H](CCN5CC6CC5CN6CC5CCN(c6ccc(N7CCC(=O)NC7=O)cc6)CC5)CSc5ccccc5)c(S(=O)(=O)C(F)(F)F)c4)cc3)CC2)C1. The predicted octanol–water partition coefficient (Wildman–Crippen LogP) is 10.6. The number of piperazine rings is 2. The molecule has 2 bridgehead atoms. The zero-order valence-corrected chi connectivity index (χ0v) is 52.2. The van der Waals surface area contributed by atoms with Gasteiger partial charge in [-0.25, -0.2) is 26.4 Å². The molecule has 0 saturated carbocycles. The number of urea groups is 1. The first-order valence-corrected chi connectivity index (χ1v) is 34.3. The summed E-state index contributed by atoms with van der Waals surface area (Å²) in [4.78, 5) is 50.0. The zero-order chi connectivity index (χ0) is 61.3. The Morgan fingerprint density at radius 3 is 2.07 bits per heavy atom. The van der Waals surface area contributed by atoms with Crippen LogP contribution in [-0.2, 0) is 24.7 Å². The Balaban J connectivity index is 0.700. The van der Waals surface area contributed by atoms with E-state index in [2.05, 4.69) is 61.1 Å². The number of hydrogen-bond acceptors (Lipinski definition) is 14. The minimum atomic E-state index is -6.11. The summed E-state index contributed by atoms with van der Waals surface area (Å²) < 4.78 is 100. The van der Waals surface area contributed by atoms with Gasteiger partial charge in [0.25, 0.3) is 25.8 Å². The number of benzene rings is 5. The third-order valence-electron chi connectivity index (χ3n) is 18.2. The molecular weight excluding hydrogens is 1200 g/mol. The number of rotatable bonds is 20. The van der Waals surface area contributed by atoms with Crippen LogP contribution in [0.4, 0.5) is 40.7 Å². The molecule has 23 heteroatoms. The Morgan fingerprint density at radius 2 is 1.41 bits per heavy atom. The molecule has 0 aromatic heterocycles. The molecule has 5 aliphatic heterocycles. The van der Waals surface area contributed by atoms with Crippen molar-refractivity contribution < 1.29 is 44.4 Å². The molecule has 3 atom stereocenters. The van der Waals surface area contributed by atoms with Gasteiger partial charge in [-0.1, -0.05) is 61.4 Å².